The highest BCUT2D eigenvalue weighted by Gasteiger charge is 2.36. The lowest BCUT2D eigenvalue weighted by atomic mass is 10.1. The predicted octanol–water partition coefficient (Wildman–Crippen LogP) is 7.84. The van der Waals surface area contributed by atoms with E-state index in [1.807, 2.05) is 72.8 Å². The third kappa shape index (κ3) is 6.70. The molecule has 0 aliphatic carbocycles. The van der Waals surface area contributed by atoms with Crippen LogP contribution in [0.25, 0.3) is 34.1 Å². The number of nitrogens with zero attached hydrogens (tertiary/aromatic N) is 2. The van der Waals surface area contributed by atoms with Gasteiger partial charge in [-0.25, -0.2) is 0 Å². The maximum Gasteiger partial charge on any atom is 0.254 e. The van der Waals surface area contributed by atoms with Gasteiger partial charge in [-0.2, -0.15) is 0 Å². The minimum absolute atomic E-state index is 0.163. The highest BCUT2D eigenvalue weighted by Crippen LogP contribution is 2.26. The van der Waals surface area contributed by atoms with Crippen LogP contribution < -0.4 is 10.6 Å². The molecule has 2 atom stereocenters. The van der Waals surface area contributed by atoms with Crippen molar-refractivity contribution in [2.75, 3.05) is 23.7 Å². The van der Waals surface area contributed by atoms with Crippen LogP contribution in [0.1, 0.15) is 57.5 Å². The monoisotopic (exact) mass is 692 g/mol. The number of benzene rings is 4. The summed E-state index contributed by atoms with van der Waals surface area (Å²) in [4.78, 5) is 56.4. The van der Waals surface area contributed by atoms with Crippen LogP contribution in [-0.2, 0) is 9.59 Å². The van der Waals surface area contributed by atoms with E-state index in [0.29, 0.717) is 59.6 Å². The Labute approximate surface area is 299 Å². The van der Waals surface area contributed by atoms with Crippen molar-refractivity contribution in [2.45, 2.75) is 37.8 Å². The van der Waals surface area contributed by atoms with Crippen molar-refractivity contribution >= 4 is 69.1 Å². The van der Waals surface area contributed by atoms with Crippen LogP contribution in [-0.4, -0.2) is 58.6 Å². The van der Waals surface area contributed by atoms with Crippen LogP contribution in [0.5, 0.6) is 0 Å². The van der Waals surface area contributed by atoms with Crippen LogP contribution in [0, 0.1) is 0 Å². The maximum atomic E-state index is 13.3. The van der Waals surface area contributed by atoms with E-state index in [1.54, 1.807) is 58.7 Å². The summed E-state index contributed by atoms with van der Waals surface area (Å²) in [5, 5.41) is 7.66. The number of furan rings is 2. The molecule has 4 heterocycles. The van der Waals surface area contributed by atoms with Gasteiger partial charge in [-0.1, -0.05) is 36.4 Å². The Morgan fingerprint density at radius 1 is 0.558 bits per heavy atom. The van der Waals surface area contributed by atoms with Gasteiger partial charge in [0, 0.05) is 46.4 Å². The summed E-state index contributed by atoms with van der Waals surface area (Å²) in [6.07, 6.45) is 9.87. The van der Waals surface area contributed by atoms with Crippen molar-refractivity contribution in [1.82, 2.24) is 9.80 Å². The number of nitrogens with one attached hydrogen (secondary N) is 2. The Kier molecular flexibility index (Phi) is 8.86. The molecule has 2 fully saturated rings. The second-order valence-corrected chi connectivity index (χ2v) is 13.2. The summed E-state index contributed by atoms with van der Waals surface area (Å²) in [7, 11) is 0. The number of carbonyl (C=O) groups excluding carboxylic acids is 4. The second kappa shape index (κ2) is 14.1. The Hall–Kier alpha value is -6.42. The van der Waals surface area contributed by atoms with E-state index in [-0.39, 0.29) is 23.6 Å². The lowest BCUT2D eigenvalue weighted by Gasteiger charge is -2.24. The van der Waals surface area contributed by atoms with Gasteiger partial charge >= 0.3 is 0 Å². The molecule has 10 nitrogen and oxygen atoms in total. The maximum absolute atomic E-state index is 13.3. The third-order valence-electron chi connectivity index (χ3n) is 9.86. The molecule has 6 aromatic rings. The molecule has 0 bridgehead atoms. The van der Waals surface area contributed by atoms with E-state index in [1.165, 1.54) is 0 Å². The van der Waals surface area contributed by atoms with Crippen LogP contribution in [0.4, 0.5) is 11.4 Å². The van der Waals surface area contributed by atoms with Gasteiger partial charge < -0.3 is 29.3 Å². The number of carbonyl (C=O) groups is 4. The first-order chi connectivity index (χ1) is 25.4. The summed E-state index contributed by atoms with van der Waals surface area (Å²) in [6, 6.07) is 28.2. The average Bonchev–Trinajstić information content (AvgIpc) is 4.01. The van der Waals surface area contributed by atoms with Crippen LogP contribution >= 0.6 is 0 Å². The van der Waals surface area contributed by atoms with E-state index in [0.717, 1.165) is 34.7 Å². The molecular formula is C42H36N4O6. The topological polar surface area (TPSA) is 125 Å². The normalized spacial score (nSPS) is 17.3. The van der Waals surface area contributed by atoms with Crippen molar-refractivity contribution in [2.24, 2.45) is 0 Å². The standard InChI is InChI=1S/C42H36N4O6/c47-39(35-3-1-21-45(35)41(49)31-11-17-37-29(25-31)19-23-51-37)43-33-13-7-27(8-14-33)5-6-28-9-15-34(16-10-28)44-40(48)36-4-2-22-46(36)42(50)32-12-18-38-30(26-32)20-24-52-38/h5-20,23-26,35-36H,1-4,21-22H2,(H,43,47)(H,44,48)/b6-5+/t35-,36-/m0/s1. The van der Waals surface area contributed by atoms with Gasteiger partial charge in [0.15, 0.2) is 0 Å². The van der Waals surface area contributed by atoms with Gasteiger partial charge in [0.2, 0.25) is 11.8 Å². The average molecular weight is 693 g/mol. The fourth-order valence-corrected chi connectivity index (χ4v) is 7.09. The van der Waals surface area contributed by atoms with Crippen molar-refractivity contribution in [1.29, 1.82) is 0 Å². The van der Waals surface area contributed by atoms with Crippen molar-refractivity contribution in [3.63, 3.8) is 0 Å². The molecule has 0 radical (unpaired) electrons. The fraction of sp³-hybridized carbons (Fsp3) is 0.190. The molecule has 2 aliphatic rings. The summed E-state index contributed by atoms with van der Waals surface area (Å²) in [6.45, 7) is 1.06. The molecule has 2 aromatic heterocycles. The van der Waals surface area contributed by atoms with E-state index in [4.69, 9.17) is 8.83 Å². The van der Waals surface area contributed by atoms with Crippen molar-refractivity contribution in [3.05, 3.63) is 132 Å². The highest BCUT2D eigenvalue weighted by atomic mass is 16.3. The molecule has 0 spiro atoms. The van der Waals surface area contributed by atoms with Gasteiger partial charge in [-0.15, -0.1) is 0 Å². The minimum Gasteiger partial charge on any atom is -0.464 e. The minimum atomic E-state index is -0.539. The fourth-order valence-electron chi connectivity index (χ4n) is 7.09. The van der Waals surface area contributed by atoms with Gasteiger partial charge in [-0.05, 0) is 110 Å². The van der Waals surface area contributed by atoms with Crippen LogP contribution in [0.2, 0.25) is 0 Å². The number of fused-ring (bicyclic) bond motifs is 2. The molecule has 2 aliphatic heterocycles. The van der Waals surface area contributed by atoms with E-state index < -0.39 is 12.1 Å². The zero-order valence-corrected chi connectivity index (χ0v) is 28.3. The Bertz CT molecular complexity index is 2160. The summed E-state index contributed by atoms with van der Waals surface area (Å²) >= 11 is 0. The lowest BCUT2D eigenvalue weighted by molar-refractivity contribution is -0.120. The van der Waals surface area contributed by atoms with Gasteiger partial charge in [0.05, 0.1) is 12.5 Å². The Morgan fingerprint density at radius 3 is 1.40 bits per heavy atom. The molecule has 4 amide bonds. The number of anilines is 2. The SMILES string of the molecule is O=C(Nc1ccc(/C=C/c2ccc(NC(=O)[C@@H]3CCCN3C(=O)c3ccc4occc4c3)cc2)cc1)[C@@H]1CCCN1C(=O)c1ccc2occc2c1. The molecule has 2 N–H and O–H groups in total. The Balaban J connectivity index is 0.844. The molecule has 0 saturated carbocycles. The number of likely N-dealkylation sites (tertiary alicyclic amines) is 2. The molecule has 4 aromatic carbocycles. The van der Waals surface area contributed by atoms with Crippen LogP contribution in [0.3, 0.4) is 0 Å². The number of hydrogen-bond acceptors (Lipinski definition) is 6. The first-order valence-electron chi connectivity index (χ1n) is 17.5. The van der Waals surface area contributed by atoms with Crippen LogP contribution in [0.15, 0.2) is 118 Å². The Morgan fingerprint density at radius 2 is 0.981 bits per heavy atom. The highest BCUT2D eigenvalue weighted by molar-refractivity contribution is 6.04. The van der Waals surface area contributed by atoms with Crippen molar-refractivity contribution in [3.8, 4) is 0 Å². The number of hydrogen-bond donors (Lipinski definition) is 2. The van der Waals surface area contributed by atoms with Gasteiger partial charge in [0.25, 0.3) is 11.8 Å². The van der Waals surface area contributed by atoms with E-state index in [2.05, 4.69) is 10.6 Å². The largest absolute Gasteiger partial charge is 0.464 e. The molecule has 260 valence electrons. The quantitative estimate of drug-likeness (QED) is 0.157. The summed E-state index contributed by atoms with van der Waals surface area (Å²) in [5.74, 6) is -0.732. The second-order valence-electron chi connectivity index (χ2n) is 13.2. The van der Waals surface area contributed by atoms with Gasteiger partial charge in [-0.3, -0.25) is 19.2 Å². The zero-order chi connectivity index (χ0) is 35.6. The smallest absolute Gasteiger partial charge is 0.254 e. The lowest BCUT2D eigenvalue weighted by Crippen LogP contribution is -2.43. The first-order valence-corrected chi connectivity index (χ1v) is 17.5. The summed E-state index contributed by atoms with van der Waals surface area (Å²) in [5.41, 5.74) is 5.70. The molecule has 10 heteroatoms. The summed E-state index contributed by atoms with van der Waals surface area (Å²) < 4.78 is 10.8. The molecule has 2 saturated heterocycles. The first kappa shape index (κ1) is 32.8. The number of amides is 4. The predicted molar refractivity (Wildman–Crippen MR) is 200 cm³/mol. The van der Waals surface area contributed by atoms with Crippen molar-refractivity contribution < 1.29 is 28.0 Å². The molecule has 52 heavy (non-hydrogen) atoms. The molecule has 8 rings (SSSR count). The molecular weight excluding hydrogens is 656 g/mol. The third-order valence-corrected chi connectivity index (χ3v) is 9.86. The molecule has 0 unspecified atom stereocenters. The van der Waals surface area contributed by atoms with Gasteiger partial charge in [0.1, 0.15) is 23.2 Å². The zero-order valence-electron chi connectivity index (χ0n) is 28.3. The number of rotatable bonds is 8. The van der Waals surface area contributed by atoms with E-state index in [9.17, 15) is 19.2 Å². The van der Waals surface area contributed by atoms with E-state index >= 15 is 0 Å².